The summed E-state index contributed by atoms with van der Waals surface area (Å²) >= 11 is 0. The van der Waals surface area contributed by atoms with Gasteiger partial charge in [-0.2, -0.15) is 0 Å². The van der Waals surface area contributed by atoms with Gasteiger partial charge in [0.05, 0.1) is 17.7 Å². The van der Waals surface area contributed by atoms with Crippen LogP contribution < -0.4 is 14.4 Å². The minimum atomic E-state index is -4.13. The van der Waals surface area contributed by atoms with E-state index >= 15 is 0 Å². The molecule has 1 unspecified atom stereocenters. The van der Waals surface area contributed by atoms with Crippen LogP contribution in [0.3, 0.4) is 0 Å². The molecule has 0 heterocycles. The highest BCUT2D eigenvalue weighted by Gasteiger charge is 2.32. The van der Waals surface area contributed by atoms with Crippen molar-refractivity contribution in [2.75, 3.05) is 18.0 Å². The number of carbonyl (C=O) groups excluding carboxylic acids is 2. The lowest BCUT2D eigenvalue weighted by Gasteiger charge is -2.32. The standard InChI is InChI=1S/C29H35N3O5S/c1-21(2)30-29(34)23(4)31(19-24-9-7-6-8-10-24)28(33)20-32(25-13-11-22(3)12-14-25)38(35,36)27-17-15-26(37-5)16-18-27/h6-18,21,23H,19-20H2,1-5H3,(H,30,34). The minimum Gasteiger partial charge on any atom is -0.497 e. The van der Waals surface area contributed by atoms with E-state index in [-0.39, 0.29) is 23.4 Å². The maximum atomic E-state index is 13.8. The predicted octanol–water partition coefficient (Wildman–Crippen LogP) is 4.14. The summed E-state index contributed by atoms with van der Waals surface area (Å²) in [4.78, 5) is 28.2. The fourth-order valence-electron chi connectivity index (χ4n) is 3.88. The van der Waals surface area contributed by atoms with Crippen LogP contribution in [0, 0.1) is 6.92 Å². The number of methoxy groups -OCH3 is 1. The predicted molar refractivity (Wildman–Crippen MR) is 148 cm³/mol. The van der Waals surface area contributed by atoms with E-state index in [9.17, 15) is 18.0 Å². The van der Waals surface area contributed by atoms with E-state index in [1.807, 2.05) is 51.1 Å². The van der Waals surface area contributed by atoms with Gasteiger partial charge in [-0.15, -0.1) is 0 Å². The number of benzene rings is 3. The fourth-order valence-corrected chi connectivity index (χ4v) is 5.30. The Labute approximate surface area is 225 Å². The van der Waals surface area contributed by atoms with Gasteiger partial charge in [0.25, 0.3) is 10.0 Å². The molecular formula is C29H35N3O5S. The summed E-state index contributed by atoms with van der Waals surface area (Å²) in [7, 11) is -2.63. The zero-order valence-corrected chi connectivity index (χ0v) is 23.2. The number of hydrogen-bond donors (Lipinski definition) is 1. The molecule has 38 heavy (non-hydrogen) atoms. The fraction of sp³-hybridized carbons (Fsp3) is 0.310. The number of hydrogen-bond acceptors (Lipinski definition) is 5. The average molecular weight is 538 g/mol. The number of aryl methyl sites for hydroxylation is 1. The molecule has 0 bridgehead atoms. The molecule has 0 aliphatic carbocycles. The van der Waals surface area contributed by atoms with Gasteiger partial charge < -0.3 is 15.0 Å². The van der Waals surface area contributed by atoms with Crippen LogP contribution >= 0.6 is 0 Å². The second-order valence-electron chi connectivity index (χ2n) is 9.37. The van der Waals surface area contributed by atoms with Gasteiger partial charge in [-0.1, -0.05) is 48.0 Å². The van der Waals surface area contributed by atoms with E-state index in [4.69, 9.17) is 4.74 Å². The first kappa shape index (κ1) is 28.7. The number of anilines is 1. The highest BCUT2D eigenvalue weighted by Crippen LogP contribution is 2.26. The Morgan fingerprint density at radius 1 is 0.895 bits per heavy atom. The van der Waals surface area contributed by atoms with Gasteiger partial charge in [0.15, 0.2) is 0 Å². The Morgan fingerprint density at radius 2 is 1.50 bits per heavy atom. The van der Waals surface area contributed by atoms with Gasteiger partial charge in [-0.3, -0.25) is 13.9 Å². The molecule has 3 rings (SSSR count). The summed E-state index contributed by atoms with van der Waals surface area (Å²) in [6.45, 7) is 6.89. The second-order valence-corrected chi connectivity index (χ2v) is 11.2. The molecule has 3 aromatic carbocycles. The van der Waals surface area contributed by atoms with Crippen molar-refractivity contribution in [3.63, 3.8) is 0 Å². The van der Waals surface area contributed by atoms with E-state index in [1.165, 1.54) is 24.1 Å². The summed E-state index contributed by atoms with van der Waals surface area (Å²) in [5, 5.41) is 2.85. The molecule has 0 aliphatic heterocycles. The third kappa shape index (κ3) is 7.13. The SMILES string of the molecule is COc1ccc(S(=O)(=O)N(CC(=O)N(Cc2ccccc2)C(C)C(=O)NC(C)C)c2ccc(C)cc2)cc1. The molecule has 1 N–H and O–H groups in total. The van der Waals surface area contributed by atoms with E-state index in [0.29, 0.717) is 11.4 Å². The normalized spacial score (nSPS) is 12.1. The smallest absolute Gasteiger partial charge is 0.264 e. The van der Waals surface area contributed by atoms with Crippen LogP contribution in [0.2, 0.25) is 0 Å². The van der Waals surface area contributed by atoms with Crippen LogP contribution in [-0.2, 0) is 26.2 Å². The summed E-state index contributed by atoms with van der Waals surface area (Å²) in [6, 6.07) is 21.3. The zero-order valence-electron chi connectivity index (χ0n) is 22.4. The van der Waals surface area contributed by atoms with Crippen molar-refractivity contribution in [3.05, 3.63) is 90.0 Å². The maximum absolute atomic E-state index is 13.8. The third-order valence-corrected chi connectivity index (χ3v) is 7.83. The van der Waals surface area contributed by atoms with Crippen molar-refractivity contribution in [1.82, 2.24) is 10.2 Å². The number of nitrogens with one attached hydrogen (secondary N) is 1. The van der Waals surface area contributed by atoms with Crippen molar-refractivity contribution >= 4 is 27.5 Å². The molecule has 0 aliphatic rings. The van der Waals surface area contributed by atoms with Crippen molar-refractivity contribution < 1.29 is 22.7 Å². The third-order valence-electron chi connectivity index (χ3n) is 6.04. The molecule has 3 aromatic rings. The van der Waals surface area contributed by atoms with Gasteiger partial charge in [0.2, 0.25) is 11.8 Å². The number of rotatable bonds is 11. The van der Waals surface area contributed by atoms with E-state index < -0.39 is 28.5 Å². The van der Waals surface area contributed by atoms with Crippen molar-refractivity contribution in [1.29, 1.82) is 0 Å². The Hall–Kier alpha value is -3.85. The first-order valence-corrected chi connectivity index (χ1v) is 13.8. The lowest BCUT2D eigenvalue weighted by Crippen LogP contribution is -2.52. The Balaban J connectivity index is 2.01. The Bertz CT molecular complexity index is 1320. The molecule has 2 amide bonds. The molecule has 0 radical (unpaired) electrons. The van der Waals surface area contributed by atoms with Crippen LogP contribution in [-0.4, -0.2) is 50.9 Å². The first-order chi connectivity index (χ1) is 18.0. The molecule has 1 atom stereocenters. The molecule has 0 spiro atoms. The van der Waals surface area contributed by atoms with Gasteiger partial charge in [0.1, 0.15) is 18.3 Å². The van der Waals surface area contributed by atoms with E-state index in [0.717, 1.165) is 15.4 Å². The van der Waals surface area contributed by atoms with E-state index in [1.54, 1.807) is 43.3 Å². The van der Waals surface area contributed by atoms with E-state index in [2.05, 4.69) is 5.32 Å². The number of sulfonamides is 1. The molecular weight excluding hydrogens is 502 g/mol. The Morgan fingerprint density at radius 3 is 2.05 bits per heavy atom. The molecule has 8 nitrogen and oxygen atoms in total. The monoisotopic (exact) mass is 537 g/mol. The van der Waals surface area contributed by atoms with Crippen LogP contribution in [0.4, 0.5) is 5.69 Å². The lowest BCUT2D eigenvalue weighted by molar-refractivity contribution is -0.139. The van der Waals surface area contributed by atoms with Crippen LogP contribution in [0.25, 0.3) is 0 Å². The zero-order chi connectivity index (χ0) is 27.9. The van der Waals surface area contributed by atoms with Crippen molar-refractivity contribution in [2.45, 2.75) is 51.2 Å². The van der Waals surface area contributed by atoms with Crippen molar-refractivity contribution in [2.24, 2.45) is 0 Å². The second kappa shape index (κ2) is 12.6. The highest BCUT2D eigenvalue weighted by atomic mass is 32.2. The summed E-state index contributed by atoms with van der Waals surface area (Å²) in [5.41, 5.74) is 2.12. The van der Waals surface area contributed by atoms with Gasteiger partial charge in [0, 0.05) is 12.6 Å². The lowest BCUT2D eigenvalue weighted by atomic mass is 10.1. The summed E-state index contributed by atoms with van der Waals surface area (Å²) in [5.74, 6) is -0.303. The minimum absolute atomic E-state index is 0.0203. The highest BCUT2D eigenvalue weighted by molar-refractivity contribution is 7.92. The molecule has 0 aromatic heterocycles. The van der Waals surface area contributed by atoms with Crippen LogP contribution in [0.1, 0.15) is 31.9 Å². The maximum Gasteiger partial charge on any atom is 0.264 e. The van der Waals surface area contributed by atoms with Gasteiger partial charge >= 0.3 is 0 Å². The van der Waals surface area contributed by atoms with Crippen LogP contribution in [0.5, 0.6) is 5.75 Å². The molecule has 0 fully saturated rings. The molecule has 9 heteroatoms. The summed E-state index contributed by atoms with van der Waals surface area (Å²) in [6.07, 6.45) is 0. The van der Waals surface area contributed by atoms with Crippen molar-refractivity contribution in [3.8, 4) is 5.75 Å². The number of nitrogens with zero attached hydrogens (tertiary/aromatic N) is 2. The Kier molecular flexibility index (Phi) is 9.52. The quantitative estimate of drug-likeness (QED) is 0.397. The van der Waals surface area contributed by atoms with Crippen LogP contribution in [0.15, 0.2) is 83.8 Å². The average Bonchev–Trinajstić information content (AvgIpc) is 2.90. The number of ether oxygens (including phenoxy) is 1. The van der Waals surface area contributed by atoms with Gasteiger partial charge in [-0.05, 0) is 69.7 Å². The molecule has 202 valence electrons. The first-order valence-electron chi connectivity index (χ1n) is 12.4. The van der Waals surface area contributed by atoms with Gasteiger partial charge in [-0.25, -0.2) is 8.42 Å². The summed E-state index contributed by atoms with van der Waals surface area (Å²) < 4.78 is 33.9. The topological polar surface area (TPSA) is 96.0 Å². The molecule has 0 saturated carbocycles. The largest absolute Gasteiger partial charge is 0.497 e. The molecule has 0 saturated heterocycles. The number of carbonyl (C=O) groups is 2. The number of amides is 2.